The molecule has 0 atom stereocenters. The van der Waals surface area contributed by atoms with E-state index in [1.165, 1.54) is 7.11 Å². The van der Waals surface area contributed by atoms with Crippen LogP contribution in [0.2, 0.25) is 0 Å². The molecule has 5 nitrogen and oxygen atoms in total. The van der Waals surface area contributed by atoms with Gasteiger partial charge in [0.15, 0.2) is 0 Å². The molecule has 1 heterocycles. The van der Waals surface area contributed by atoms with E-state index in [0.29, 0.717) is 32.6 Å². The second-order valence-electron chi connectivity index (χ2n) is 4.86. The van der Waals surface area contributed by atoms with Gasteiger partial charge < -0.3 is 14.5 Å². The maximum atomic E-state index is 12.2. The van der Waals surface area contributed by atoms with Crippen molar-refractivity contribution in [1.82, 2.24) is 9.80 Å². The van der Waals surface area contributed by atoms with Crippen molar-refractivity contribution in [3.8, 4) is 0 Å². The molecular formula is C15H20N2O3. The van der Waals surface area contributed by atoms with Crippen LogP contribution < -0.4 is 0 Å². The summed E-state index contributed by atoms with van der Waals surface area (Å²) in [4.78, 5) is 27.4. The average Bonchev–Trinajstić information content (AvgIpc) is 2.48. The third-order valence-corrected chi connectivity index (χ3v) is 3.45. The van der Waals surface area contributed by atoms with Crippen molar-refractivity contribution in [2.75, 3.05) is 39.9 Å². The molecule has 0 aromatic heterocycles. The Kier molecular flexibility index (Phi) is 5.12. The van der Waals surface area contributed by atoms with Crippen LogP contribution in [0.25, 0.3) is 0 Å². The molecule has 0 bridgehead atoms. The number of hydrogen-bond donors (Lipinski definition) is 0. The lowest BCUT2D eigenvalue weighted by molar-refractivity contribution is -0.141. The summed E-state index contributed by atoms with van der Waals surface area (Å²) in [5.41, 5.74) is 1.02. The predicted molar refractivity (Wildman–Crippen MR) is 75.2 cm³/mol. The fourth-order valence-electron chi connectivity index (χ4n) is 2.30. The Balaban J connectivity index is 1.81. The zero-order valence-electron chi connectivity index (χ0n) is 11.7. The van der Waals surface area contributed by atoms with Crippen molar-refractivity contribution in [1.29, 1.82) is 0 Å². The summed E-state index contributed by atoms with van der Waals surface area (Å²) in [7, 11) is 1.51. The van der Waals surface area contributed by atoms with Gasteiger partial charge in [-0.25, -0.2) is 0 Å². The molecule has 1 aromatic rings. The monoisotopic (exact) mass is 276 g/mol. The third-order valence-electron chi connectivity index (χ3n) is 3.45. The Hall–Kier alpha value is -1.88. The summed E-state index contributed by atoms with van der Waals surface area (Å²) in [6.45, 7) is 2.48. The normalized spacial score (nSPS) is 15.2. The number of ether oxygens (including phenoxy) is 1. The van der Waals surface area contributed by atoms with E-state index in [-0.39, 0.29) is 18.4 Å². The number of methoxy groups -OCH3 is 1. The average molecular weight is 276 g/mol. The molecule has 5 heteroatoms. The number of hydrogen-bond acceptors (Lipinski definition) is 3. The lowest BCUT2D eigenvalue weighted by Gasteiger charge is -2.34. The van der Waals surface area contributed by atoms with Crippen LogP contribution in [0.3, 0.4) is 0 Å². The highest BCUT2D eigenvalue weighted by Gasteiger charge is 2.23. The number of piperazine rings is 1. The maximum absolute atomic E-state index is 12.2. The van der Waals surface area contributed by atoms with E-state index in [1.807, 2.05) is 35.2 Å². The standard InChI is InChI=1S/C15H20N2O3/c1-20-12-15(19)17-9-7-16(8-10-17)14(18)11-13-5-3-2-4-6-13/h2-6H,7-12H2,1H3. The molecule has 0 radical (unpaired) electrons. The number of carbonyl (C=O) groups is 2. The number of nitrogens with zero attached hydrogens (tertiary/aromatic N) is 2. The van der Waals surface area contributed by atoms with Gasteiger partial charge >= 0.3 is 0 Å². The molecule has 0 unspecified atom stereocenters. The Morgan fingerprint density at radius 2 is 1.55 bits per heavy atom. The van der Waals surface area contributed by atoms with Crippen molar-refractivity contribution in [2.24, 2.45) is 0 Å². The molecule has 0 N–H and O–H groups in total. The highest BCUT2D eigenvalue weighted by Crippen LogP contribution is 2.07. The highest BCUT2D eigenvalue weighted by molar-refractivity contribution is 5.80. The second kappa shape index (κ2) is 7.05. The van der Waals surface area contributed by atoms with Crippen LogP contribution in [0.1, 0.15) is 5.56 Å². The molecule has 1 aliphatic heterocycles. The van der Waals surface area contributed by atoms with Gasteiger partial charge in [0.05, 0.1) is 6.42 Å². The molecule has 2 amide bonds. The Labute approximate surface area is 119 Å². The molecule has 0 aliphatic carbocycles. The Morgan fingerprint density at radius 3 is 2.10 bits per heavy atom. The van der Waals surface area contributed by atoms with E-state index in [1.54, 1.807) is 4.90 Å². The smallest absolute Gasteiger partial charge is 0.248 e. The minimum atomic E-state index is -0.0114. The van der Waals surface area contributed by atoms with Crippen LogP contribution in [0.5, 0.6) is 0 Å². The van der Waals surface area contributed by atoms with E-state index < -0.39 is 0 Å². The summed E-state index contributed by atoms with van der Waals surface area (Å²) in [6, 6.07) is 9.72. The largest absolute Gasteiger partial charge is 0.375 e. The van der Waals surface area contributed by atoms with Gasteiger partial charge in [0.1, 0.15) is 6.61 Å². The number of amides is 2. The van der Waals surface area contributed by atoms with Crippen molar-refractivity contribution >= 4 is 11.8 Å². The van der Waals surface area contributed by atoms with Gasteiger partial charge in [0.25, 0.3) is 0 Å². The predicted octanol–water partition coefficient (Wildman–Crippen LogP) is 0.546. The minimum Gasteiger partial charge on any atom is -0.375 e. The fraction of sp³-hybridized carbons (Fsp3) is 0.467. The van der Waals surface area contributed by atoms with Crippen molar-refractivity contribution in [3.63, 3.8) is 0 Å². The van der Waals surface area contributed by atoms with Gasteiger partial charge in [0.2, 0.25) is 11.8 Å². The first-order valence-electron chi connectivity index (χ1n) is 6.79. The van der Waals surface area contributed by atoms with Gasteiger partial charge in [-0.05, 0) is 5.56 Å². The van der Waals surface area contributed by atoms with E-state index in [4.69, 9.17) is 4.74 Å². The Morgan fingerprint density at radius 1 is 1.00 bits per heavy atom. The van der Waals surface area contributed by atoms with Crippen LogP contribution in [0, 0.1) is 0 Å². The molecule has 2 rings (SSSR count). The van der Waals surface area contributed by atoms with Crippen LogP contribution in [0.4, 0.5) is 0 Å². The zero-order chi connectivity index (χ0) is 14.4. The van der Waals surface area contributed by atoms with Crippen LogP contribution in [-0.4, -0.2) is 61.5 Å². The zero-order valence-corrected chi connectivity index (χ0v) is 11.7. The van der Waals surface area contributed by atoms with E-state index >= 15 is 0 Å². The first kappa shape index (κ1) is 14.5. The van der Waals surface area contributed by atoms with Crippen molar-refractivity contribution in [2.45, 2.75) is 6.42 Å². The summed E-state index contributed by atoms with van der Waals surface area (Å²) >= 11 is 0. The quantitative estimate of drug-likeness (QED) is 0.807. The minimum absolute atomic E-state index is 0.0114. The molecule has 1 saturated heterocycles. The molecular weight excluding hydrogens is 256 g/mol. The first-order chi connectivity index (χ1) is 9.70. The summed E-state index contributed by atoms with van der Waals surface area (Å²) < 4.78 is 4.84. The van der Waals surface area contributed by atoms with Gasteiger partial charge in [0, 0.05) is 33.3 Å². The SMILES string of the molecule is COCC(=O)N1CCN(C(=O)Cc2ccccc2)CC1. The molecule has 20 heavy (non-hydrogen) atoms. The van der Waals surface area contributed by atoms with Gasteiger partial charge in [-0.15, -0.1) is 0 Å². The van der Waals surface area contributed by atoms with Crippen LogP contribution in [0.15, 0.2) is 30.3 Å². The van der Waals surface area contributed by atoms with Crippen LogP contribution in [-0.2, 0) is 20.7 Å². The molecule has 1 aliphatic rings. The van der Waals surface area contributed by atoms with Crippen molar-refractivity contribution in [3.05, 3.63) is 35.9 Å². The maximum Gasteiger partial charge on any atom is 0.248 e. The molecule has 0 saturated carbocycles. The summed E-state index contributed by atoms with van der Waals surface area (Å²) in [5.74, 6) is 0.109. The van der Waals surface area contributed by atoms with Gasteiger partial charge in [-0.1, -0.05) is 30.3 Å². The lowest BCUT2D eigenvalue weighted by atomic mass is 10.1. The van der Waals surface area contributed by atoms with E-state index in [9.17, 15) is 9.59 Å². The van der Waals surface area contributed by atoms with E-state index in [2.05, 4.69) is 0 Å². The van der Waals surface area contributed by atoms with E-state index in [0.717, 1.165) is 5.56 Å². The highest BCUT2D eigenvalue weighted by atomic mass is 16.5. The molecule has 1 fully saturated rings. The lowest BCUT2D eigenvalue weighted by Crippen LogP contribution is -2.51. The molecule has 0 spiro atoms. The summed E-state index contributed by atoms with van der Waals surface area (Å²) in [6.07, 6.45) is 0.423. The second-order valence-corrected chi connectivity index (χ2v) is 4.86. The molecule has 1 aromatic carbocycles. The Bertz CT molecular complexity index is 453. The topological polar surface area (TPSA) is 49.9 Å². The summed E-state index contributed by atoms with van der Waals surface area (Å²) in [5, 5.41) is 0. The number of carbonyl (C=O) groups excluding carboxylic acids is 2. The third kappa shape index (κ3) is 3.81. The molecule has 108 valence electrons. The first-order valence-corrected chi connectivity index (χ1v) is 6.79. The number of benzene rings is 1. The number of rotatable bonds is 4. The van der Waals surface area contributed by atoms with Crippen molar-refractivity contribution < 1.29 is 14.3 Å². The van der Waals surface area contributed by atoms with Crippen LogP contribution >= 0.6 is 0 Å². The van der Waals surface area contributed by atoms with Gasteiger partial charge in [-0.3, -0.25) is 9.59 Å². The fourth-order valence-corrected chi connectivity index (χ4v) is 2.30. The van der Waals surface area contributed by atoms with Gasteiger partial charge in [-0.2, -0.15) is 0 Å².